The zero-order chi connectivity index (χ0) is 25.4. The summed E-state index contributed by atoms with van der Waals surface area (Å²) in [5.74, 6) is -1.08. The quantitative estimate of drug-likeness (QED) is 0.517. The number of hydrogen-bond donors (Lipinski definition) is 3. The molecule has 1 saturated heterocycles. The normalized spacial score (nSPS) is 32.4. The number of sulfonamides is 2. The van der Waals surface area contributed by atoms with E-state index in [4.69, 9.17) is 0 Å². The van der Waals surface area contributed by atoms with Gasteiger partial charge in [0, 0.05) is 24.2 Å². The van der Waals surface area contributed by atoms with Crippen LogP contribution in [-0.4, -0.2) is 57.0 Å². The Labute approximate surface area is 213 Å². The molecule has 3 N–H and O–H groups in total. The van der Waals surface area contributed by atoms with Crippen LogP contribution in [0.1, 0.15) is 24.8 Å². The number of aliphatic hydroxyl groups is 1. The van der Waals surface area contributed by atoms with Crippen LogP contribution in [-0.2, 0) is 31.4 Å². The Hall–Kier alpha value is -2.48. The van der Waals surface area contributed by atoms with Crippen LogP contribution < -0.4 is 10.0 Å². The first-order valence-electron chi connectivity index (χ1n) is 11.8. The summed E-state index contributed by atoms with van der Waals surface area (Å²) in [7, 11) is -7.86. The second kappa shape index (κ2) is 8.27. The topological polar surface area (TPSA) is 145 Å². The highest BCUT2D eigenvalue weighted by molar-refractivity contribution is 7.92. The van der Waals surface area contributed by atoms with Crippen LogP contribution in [0.15, 0.2) is 44.3 Å². The van der Waals surface area contributed by atoms with Gasteiger partial charge in [0.2, 0.25) is 15.9 Å². The molecule has 1 aromatic heterocycles. The van der Waals surface area contributed by atoms with Gasteiger partial charge in [-0.2, -0.15) is 19.8 Å². The van der Waals surface area contributed by atoms with Crippen LogP contribution in [0.4, 0.5) is 11.4 Å². The summed E-state index contributed by atoms with van der Waals surface area (Å²) in [5, 5.41) is 18.4. The minimum absolute atomic E-state index is 0.0693. The largest absolute Gasteiger partial charge is 0.391 e. The molecule has 2 bridgehead atoms. The van der Waals surface area contributed by atoms with Crippen molar-refractivity contribution in [2.24, 2.45) is 28.1 Å². The van der Waals surface area contributed by atoms with E-state index in [0.29, 0.717) is 12.5 Å². The monoisotopic (exact) mass is 550 g/mol. The molecule has 3 fully saturated rings. The Kier molecular flexibility index (Phi) is 5.49. The van der Waals surface area contributed by atoms with Gasteiger partial charge in [-0.15, -0.1) is 4.40 Å². The molecule has 13 heteroatoms. The summed E-state index contributed by atoms with van der Waals surface area (Å²) >= 11 is 1.55. The number of anilines is 2. The zero-order valence-corrected chi connectivity index (χ0v) is 21.8. The molecule has 36 heavy (non-hydrogen) atoms. The van der Waals surface area contributed by atoms with Crippen molar-refractivity contribution in [2.45, 2.75) is 42.8 Å². The van der Waals surface area contributed by atoms with E-state index in [9.17, 15) is 26.7 Å². The third-order valence-electron chi connectivity index (χ3n) is 7.85. The minimum atomic E-state index is -4.25. The molecule has 1 aromatic carbocycles. The van der Waals surface area contributed by atoms with Gasteiger partial charge < -0.3 is 15.3 Å². The Morgan fingerprint density at radius 3 is 2.75 bits per heavy atom. The van der Waals surface area contributed by atoms with E-state index in [1.54, 1.807) is 11.3 Å². The number of nitrogens with zero attached hydrogens (tertiary/aromatic N) is 2. The van der Waals surface area contributed by atoms with E-state index in [0.717, 1.165) is 31.1 Å². The van der Waals surface area contributed by atoms with Crippen LogP contribution in [0.5, 0.6) is 0 Å². The molecule has 2 saturated carbocycles. The number of amidine groups is 1. The van der Waals surface area contributed by atoms with Crippen molar-refractivity contribution >= 4 is 54.5 Å². The summed E-state index contributed by atoms with van der Waals surface area (Å²) in [4.78, 5) is 15.5. The lowest BCUT2D eigenvalue weighted by Crippen LogP contribution is -2.63. The standard InChI is InChI=1S/C23H26N4O6S3/c1-35(30,31)25-15-4-5-16-17(9-15)36(32,33)26-22(24-16)19-21(28)18-13-2-3-14(8-13)20(18)27(23(19)29)10-12-6-7-34-11-12/h4-7,9,11,13-14,18-21,25,28H,2-3,8,10H2,1H3,(H,24,26). The number of likely N-dealkylation sites (tertiary alicyclic amines) is 1. The van der Waals surface area contributed by atoms with Gasteiger partial charge in [0.15, 0.2) is 0 Å². The first-order valence-corrected chi connectivity index (χ1v) is 16.0. The second-order valence-electron chi connectivity index (χ2n) is 10.1. The number of carbonyl (C=O) groups excluding carboxylic acids is 1. The summed E-state index contributed by atoms with van der Waals surface area (Å²) in [6.07, 6.45) is 2.90. The van der Waals surface area contributed by atoms with Gasteiger partial charge >= 0.3 is 0 Å². The van der Waals surface area contributed by atoms with E-state index in [-0.39, 0.29) is 45.9 Å². The van der Waals surface area contributed by atoms with E-state index in [1.165, 1.54) is 18.2 Å². The smallest absolute Gasteiger partial charge is 0.286 e. The van der Waals surface area contributed by atoms with Crippen molar-refractivity contribution in [2.75, 3.05) is 16.3 Å². The third-order valence-corrected chi connectivity index (χ3v) is 10.5. The number of hydrogen-bond acceptors (Lipinski definition) is 8. The number of rotatable bonds is 5. The van der Waals surface area contributed by atoms with E-state index in [1.807, 2.05) is 21.7 Å². The lowest BCUT2D eigenvalue weighted by Gasteiger charge is -2.49. The average Bonchev–Trinajstić information content (AvgIpc) is 3.54. The van der Waals surface area contributed by atoms with Gasteiger partial charge in [0.1, 0.15) is 16.6 Å². The molecule has 6 rings (SSSR count). The van der Waals surface area contributed by atoms with Gasteiger partial charge in [-0.3, -0.25) is 9.52 Å². The Bertz CT molecular complexity index is 1470. The molecule has 1 amide bonds. The Balaban J connectivity index is 1.37. The molecule has 2 aliphatic heterocycles. The molecule has 2 aromatic rings. The van der Waals surface area contributed by atoms with Crippen molar-refractivity contribution in [3.8, 4) is 0 Å². The fourth-order valence-corrected chi connectivity index (χ4v) is 8.98. The molecule has 6 atom stereocenters. The SMILES string of the molecule is CS(=O)(=O)Nc1ccc2c(c1)S(=O)(=O)N=C(C1C(=O)N(Cc3ccsc3)C3C4CCC(C4)C3C1O)N2. The van der Waals surface area contributed by atoms with Crippen molar-refractivity contribution in [3.05, 3.63) is 40.6 Å². The maximum absolute atomic E-state index is 13.9. The van der Waals surface area contributed by atoms with Crippen LogP contribution in [0, 0.1) is 23.7 Å². The number of aliphatic hydroxyl groups excluding tert-OH is 1. The van der Waals surface area contributed by atoms with Gasteiger partial charge in [-0.05, 0) is 71.7 Å². The number of carbonyl (C=O) groups is 1. The molecular formula is C23H26N4O6S3. The van der Waals surface area contributed by atoms with Crippen LogP contribution in [0.2, 0.25) is 0 Å². The molecule has 0 radical (unpaired) electrons. The number of benzene rings is 1. The fraction of sp³-hybridized carbons (Fsp3) is 0.478. The molecule has 3 heterocycles. The molecule has 4 aliphatic rings. The number of fused-ring (bicyclic) bond motifs is 6. The van der Waals surface area contributed by atoms with Crippen molar-refractivity contribution < 1.29 is 26.7 Å². The van der Waals surface area contributed by atoms with Crippen LogP contribution in [0.3, 0.4) is 0 Å². The van der Waals surface area contributed by atoms with Crippen LogP contribution >= 0.6 is 11.3 Å². The summed E-state index contributed by atoms with van der Waals surface area (Å²) in [6.45, 7) is 0.410. The molecular weight excluding hydrogens is 524 g/mol. The zero-order valence-electron chi connectivity index (χ0n) is 19.4. The summed E-state index contributed by atoms with van der Waals surface area (Å²) in [5.41, 5.74) is 1.27. The highest BCUT2D eigenvalue weighted by Gasteiger charge is 2.60. The average molecular weight is 551 g/mol. The van der Waals surface area contributed by atoms with Crippen molar-refractivity contribution in [1.29, 1.82) is 0 Å². The highest BCUT2D eigenvalue weighted by atomic mass is 32.2. The van der Waals surface area contributed by atoms with Gasteiger partial charge in [0.25, 0.3) is 10.0 Å². The first kappa shape index (κ1) is 23.9. The first-order chi connectivity index (χ1) is 17.0. The highest BCUT2D eigenvalue weighted by Crippen LogP contribution is 2.55. The fourth-order valence-electron chi connectivity index (χ4n) is 6.57. The second-order valence-corrected chi connectivity index (χ2v) is 14.2. The molecule has 192 valence electrons. The van der Waals surface area contributed by atoms with Gasteiger partial charge in [-0.1, -0.05) is 0 Å². The molecule has 0 spiro atoms. The van der Waals surface area contributed by atoms with E-state index >= 15 is 0 Å². The van der Waals surface area contributed by atoms with Gasteiger partial charge in [-0.25, -0.2) is 8.42 Å². The predicted molar refractivity (Wildman–Crippen MR) is 136 cm³/mol. The lowest BCUT2D eigenvalue weighted by atomic mass is 9.72. The summed E-state index contributed by atoms with van der Waals surface area (Å²) in [6, 6.07) is 5.95. The lowest BCUT2D eigenvalue weighted by molar-refractivity contribution is -0.155. The Morgan fingerprint density at radius 2 is 2.03 bits per heavy atom. The molecule has 10 nitrogen and oxygen atoms in total. The molecule has 6 unspecified atom stereocenters. The summed E-state index contributed by atoms with van der Waals surface area (Å²) < 4.78 is 55.6. The van der Waals surface area contributed by atoms with E-state index < -0.39 is 32.1 Å². The minimum Gasteiger partial charge on any atom is -0.391 e. The van der Waals surface area contributed by atoms with E-state index in [2.05, 4.69) is 14.4 Å². The number of piperidine rings is 1. The Morgan fingerprint density at radius 1 is 1.25 bits per heavy atom. The number of thiophene rings is 1. The van der Waals surface area contributed by atoms with Gasteiger partial charge in [0.05, 0.1) is 18.0 Å². The number of nitrogens with one attached hydrogen (secondary N) is 2. The maximum Gasteiger partial charge on any atom is 0.286 e. The van der Waals surface area contributed by atoms with Crippen LogP contribution in [0.25, 0.3) is 0 Å². The third kappa shape index (κ3) is 3.92. The molecule has 2 aliphatic carbocycles. The predicted octanol–water partition coefficient (Wildman–Crippen LogP) is 2.07. The van der Waals surface area contributed by atoms with Crippen molar-refractivity contribution in [3.63, 3.8) is 0 Å². The maximum atomic E-state index is 13.9. The van der Waals surface area contributed by atoms with Crippen molar-refractivity contribution in [1.82, 2.24) is 4.90 Å². The number of amides is 1.